The Balaban J connectivity index is 1.82. The van der Waals surface area contributed by atoms with Gasteiger partial charge in [-0.2, -0.15) is 5.10 Å². The molecule has 4 rings (SSSR count). The van der Waals surface area contributed by atoms with E-state index in [1.165, 1.54) is 24.3 Å². The van der Waals surface area contributed by atoms with E-state index in [1.807, 2.05) is 0 Å². The number of hydrogen-bond donors (Lipinski definition) is 2. The largest absolute Gasteiger partial charge is 0.393 e. The number of nitro groups is 1. The molecule has 0 radical (unpaired) electrons. The molecule has 0 aliphatic rings. The highest BCUT2D eigenvalue weighted by Crippen LogP contribution is 2.31. The number of H-pyrrole nitrogens is 1. The molecule has 0 aliphatic heterocycles. The van der Waals surface area contributed by atoms with Gasteiger partial charge in [0.15, 0.2) is 0 Å². The van der Waals surface area contributed by atoms with Gasteiger partial charge in [0.05, 0.1) is 16.0 Å². The van der Waals surface area contributed by atoms with Gasteiger partial charge >= 0.3 is 0 Å². The molecule has 3 aromatic carbocycles. The highest BCUT2D eigenvalue weighted by Gasteiger charge is 2.18. The third kappa shape index (κ3) is 3.59. The van der Waals surface area contributed by atoms with Crippen molar-refractivity contribution in [3.63, 3.8) is 0 Å². The number of nitrogen functional groups attached to an aromatic ring is 1. The van der Waals surface area contributed by atoms with E-state index in [0.29, 0.717) is 5.56 Å². The SMILES string of the molecule is Nc1ccc(-c2cc(Cc3n[nH]c(=O)c4c(F)ccc(F)c34)ccc2F)cc1[N+](=O)[O-]. The number of rotatable bonds is 4. The molecule has 31 heavy (non-hydrogen) atoms. The lowest BCUT2D eigenvalue weighted by molar-refractivity contribution is -0.383. The van der Waals surface area contributed by atoms with Crippen LogP contribution in [-0.2, 0) is 6.42 Å². The molecule has 1 heterocycles. The predicted octanol–water partition coefficient (Wildman–Crippen LogP) is 4.09. The smallest absolute Gasteiger partial charge is 0.292 e. The van der Waals surface area contributed by atoms with Crippen molar-refractivity contribution in [3.05, 3.63) is 97.7 Å². The zero-order chi connectivity index (χ0) is 22.3. The number of aromatic amines is 1. The molecular formula is C21H13F3N4O3. The molecule has 0 amide bonds. The van der Waals surface area contributed by atoms with Crippen LogP contribution >= 0.6 is 0 Å². The fraction of sp³-hybridized carbons (Fsp3) is 0.0476. The van der Waals surface area contributed by atoms with Gasteiger partial charge in [0.25, 0.3) is 11.2 Å². The molecule has 0 saturated carbocycles. The summed E-state index contributed by atoms with van der Waals surface area (Å²) in [6.07, 6.45) is -0.0575. The summed E-state index contributed by atoms with van der Waals surface area (Å²) in [5, 5.41) is 16.4. The first-order valence-electron chi connectivity index (χ1n) is 8.94. The minimum Gasteiger partial charge on any atom is -0.393 e. The van der Waals surface area contributed by atoms with Crippen LogP contribution in [0.1, 0.15) is 11.3 Å². The van der Waals surface area contributed by atoms with Gasteiger partial charge in [0.2, 0.25) is 0 Å². The first-order chi connectivity index (χ1) is 14.8. The van der Waals surface area contributed by atoms with Gasteiger partial charge in [0, 0.05) is 23.4 Å². The Bertz CT molecular complexity index is 1420. The fourth-order valence-corrected chi connectivity index (χ4v) is 3.38. The number of hydrogen-bond acceptors (Lipinski definition) is 5. The maximum absolute atomic E-state index is 14.5. The van der Waals surface area contributed by atoms with Crippen molar-refractivity contribution >= 4 is 22.1 Å². The highest BCUT2D eigenvalue weighted by molar-refractivity contribution is 5.85. The Morgan fingerprint density at radius 2 is 1.65 bits per heavy atom. The molecule has 0 aliphatic carbocycles. The van der Waals surface area contributed by atoms with E-state index in [2.05, 4.69) is 10.2 Å². The number of halogens is 3. The third-order valence-corrected chi connectivity index (χ3v) is 4.85. The summed E-state index contributed by atoms with van der Waals surface area (Å²) in [6, 6.07) is 9.62. The maximum atomic E-state index is 14.5. The lowest BCUT2D eigenvalue weighted by Crippen LogP contribution is -2.14. The van der Waals surface area contributed by atoms with Gasteiger partial charge in [-0.3, -0.25) is 14.9 Å². The second-order valence-electron chi connectivity index (χ2n) is 6.80. The minimum atomic E-state index is -0.893. The quantitative estimate of drug-likeness (QED) is 0.290. The molecule has 0 saturated heterocycles. The lowest BCUT2D eigenvalue weighted by atomic mass is 9.98. The number of nitro benzene ring substituents is 1. The number of nitrogens with zero attached hydrogens (tertiary/aromatic N) is 2. The van der Waals surface area contributed by atoms with Gasteiger partial charge in [-0.05, 0) is 41.5 Å². The van der Waals surface area contributed by atoms with E-state index in [9.17, 15) is 28.1 Å². The Morgan fingerprint density at radius 1 is 0.968 bits per heavy atom. The summed E-state index contributed by atoms with van der Waals surface area (Å²) in [7, 11) is 0. The Hall–Kier alpha value is -4.21. The van der Waals surface area contributed by atoms with Crippen LogP contribution in [0, 0.1) is 27.6 Å². The molecule has 0 fully saturated rings. The molecule has 1 aromatic heterocycles. The molecular weight excluding hydrogens is 413 g/mol. The van der Waals surface area contributed by atoms with Crippen LogP contribution in [-0.4, -0.2) is 15.1 Å². The van der Waals surface area contributed by atoms with Crippen molar-refractivity contribution in [2.45, 2.75) is 6.42 Å². The monoisotopic (exact) mass is 426 g/mol. The molecule has 0 bridgehead atoms. The first-order valence-corrected chi connectivity index (χ1v) is 8.94. The Morgan fingerprint density at radius 3 is 2.35 bits per heavy atom. The van der Waals surface area contributed by atoms with Crippen LogP contribution in [0.4, 0.5) is 24.5 Å². The van der Waals surface area contributed by atoms with Crippen LogP contribution in [0.15, 0.2) is 53.3 Å². The van der Waals surface area contributed by atoms with Crippen molar-refractivity contribution < 1.29 is 18.1 Å². The van der Waals surface area contributed by atoms with E-state index in [4.69, 9.17) is 5.73 Å². The second-order valence-corrected chi connectivity index (χ2v) is 6.80. The van der Waals surface area contributed by atoms with Gasteiger partial charge in [-0.1, -0.05) is 12.1 Å². The summed E-state index contributed by atoms with van der Waals surface area (Å²) >= 11 is 0. The molecule has 3 N–H and O–H groups in total. The van der Waals surface area contributed by atoms with Crippen LogP contribution in [0.5, 0.6) is 0 Å². The zero-order valence-corrected chi connectivity index (χ0v) is 15.7. The van der Waals surface area contributed by atoms with Crippen LogP contribution < -0.4 is 11.3 Å². The number of nitrogens with one attached hydrogen (secondary N) is 1. The fourth-order valence-electron chi connectivity index (χ4n) is 3.38. The summed E-state index contributed by atoms with van der Waals surface area (Å²) < 4.78 is 42.9. The van der Waals surface area contributed by atoms with E-state index in [1.54, 1.807) is 0 Å². The first kappa shape index (κ1) is 20.1. The van der Waals surface area contributed by atoms with Crippen molar-refractivity contribution in [1.29, 1.82) is 0 Å². The Kier molecular flexibility index (Phi) is 4.90. The predicted molar refractivity (Wildman–Crippen MR) is 108 cm³/mol. The van der Waals surface area contributed by atoms with Gasteiger partial charge < -0.3 is 5.73 Å². The van der Waals surface area contributed by atoms with Crippen molar-refractivity contribution in [2.75, 3.05) is 5.73 Å². The van der Waals surface area contributed by atoms with E-state index in [-0.39, 0.29) is 40.0 Å². The van der Waals surface area contributed by atoms with Crippen LogP contribution in [0.2, 0.25) is 0 Å². The minimum absolute atomic E-state index is 0.0486. The summed E-state index contributed by atoms with van der Waals surface area (Å²) in [5.74, 6) is -2.35. The highest BCUT2D eigenvalue weighted by atomic mass is 19.1. The normalized spacial score (nSPS) is 11.1. The molecule has 10 heteroatoms. The Labute approximate surface area is 172 Å². The number of fused-ring (bicyclic) bond motifs is 1. The molecule has 4 aromatic rings. The third-order valence-electron chi connectivity index (χ3n) is 4.85. The van der Waals surface area contributed by atoms with Crippen LogP contribution in [0.3, 0.4) is 0 Å². The molecule has 7 nitrogen and oxygen atoms in total. The molecule has 0 spiro atoms. The molecule has 0 unspecified atom stereocenters. The lowest BCUT2D eigenvalue weighted by Gasteiger charge is -2.10. The summed E-state index contributed by atoms with van der Waals surface area (Å²) in [4.78, 5) is 22.4. The zero-order valence-electron chi connectivity index (χ0n) is 15.7. The van der Waals surface area contributed by atoms with E-state index >= 15 is 0 Å². The van der Waals surface area contributed by atoms with Crippen LogP contribution in [0.25, 0.3) is 21.9 Å². The van der Waals surface area contributed by atoms with E-state index in [0.717, 1.165) is 24.3 Å². The maximum Gasteiger partial charge on any atom is 0.292 e. The van der Waals surface area contributed by atoms with E-state index < -0.39 is 33.3 Å². The van der Waals surface area contributed by atoms with Crippen molar-refractivity contribution in [2.24, 2.45) is 0 Å². The van der Waals surface area contributed by atoms with Gasteiger partial charge in [-0.25, -0.2) is 18.3 Å². The summed E-state index contributed by atoms with van der Waals surface area (Å²) in [6.45, 7) is 0. The summed E-state index contributed by atoms with van der Waals surface area (Å²) in [5.41, 5.74) is 5.07. The average Bonchev–Trinajstić information content (AvgIpc) is 2.73. The second kappa shape index (κ2) is 7.56. The average molecular weight is 426 g/mol. The number of benzene rings is 3. The topological polar surface area (TPSA) is 115 Å². The number of nitrogens with two attached hydrogens (primary N) is 1. The van der Waals surface area contributed by atoms with Gasteiger partial charge in [0.1, 0.15) is 23.1 Å². The number of aromatic nitrogens is 2. The van der Waals surface area contributed by atoms with Gasteiger partial charge in [-0.15, -0.1) is 0 Å². The molecule has 0 atom stereocenters. The van der Waals surface area contributed by atoms with Crippen molar-refractivity contribution in [3.8, 4) is 11.1 Å². The van der Waals surface area contributed by atoms with Crippen molar-refractivity contribution in [1.82, 2.24) is 10.2 Å². The molecule has 156 valence electrons. The number of anilines is 1. The standard InChI is InChI=1S/C21H13F3N4O3/c22-13-3-1-10(7-12(13)11-2-6-16(25)18(9-11)28(30)31)8-17-19-14(23)4-5-15(24)20(19)21(29)27-26-17/h1-7,9H,8,25H2,(H,27,29).